The summed E-state index contributed by atoms with van der Waals surface area (Å²) in [5.74, 6) is 2.64. The van der Waals surface area contributed by atoms with Crippen molar-refractivity contribution < 1.29 is 9.47 Å². The number of nitrogens with one attached hydrogen (secondary N) is 2. The number of hydrogen-bond donors (Lipinski definition) is 2. The zero-order valence-electron chi connectivity index (χ0n) is 15.1. The highest BCUT2D eigenvalue weighted by Crippen LogP contribution is 2.29. The SMILES string of the molecule is COc1ccccc1Nc1ccnc(Nc2ccccc2OC(C)C)n1. The molecule has 0 radical (unpaired) electrons. The Morgan fingerprint density at radius 1 is 0.846 bits per heavy atom. The maximum atomic E-state index is 5.82. The van der Waals surface area contributed by atoms with E-state index in [4.69, 9.17) is 9.47 Å². The molecule has 0 saturated heterocycles. The maximum absolute atomic E-state index is 5.82. The van der Waals surface area contributed by atoms with Crippen LogP contribution in [0.2, 0.25) is 0 Å². The van der Waals surface area contributed by atoms with Crippen LogP contribution in [-0.4, -0.2) is 23.2 Å². The van der Waals surface area contributed by atoms with Gasteiger partial charge in [0.1, 0.15) is 17.3 Å². The lowest BCUT2D eigenvalue weighted by atomic mass is 10.3. The van der Waals surface area contributed by atoms with Crippen molar-refractivity contribution in [2.75, 3.05) is 17.7 Å². The second-order valence-electron chi connectivity index (χ2n) is 5.88. The molecule has 0 aliphatic carbocycles. The van der Waals surface area contributed by atoms with Crippen LogP contribution >= 0.6 is 0 Å². The fourth-order valence-corrected chi connectivity index (χ4v) is 2.42. The smallest absolute Gasteiger partial charge is 0.229 e. The van der Waals surface area contributed by atoms with E-state index in [0.717, 1.165) is 22.9 Å². The Morgan fingerprint density at radius 3 is 2.19 bits per heavy atom. The molecule has 0 amide bonds. The molecule has 0 bridgehead atoms. The van der Waals surface area contributed by atoms with E-state index in [1.165, 1.54) is 0 Å². The lowest BCUT2D eigenvalue weighted by Crippen LogP contribution is -2.08. The molecular weight excluding hydrogens is 328 g/mol. The van der Waals surface area contributed by atoms with Gasteiger partial charge in [-0.2, -0.15) is 4.98 Å². The van der Waals surface area contributed by atoms with E-state index in [-0.39, 0.29) is 6.10 Å². The summed E-state index contributed by atoms with van der Waals surface area (Å²) in [6.45, 7) is 3.98. The summed E-state index contributed by atoms with van der Waals surface area (Å²) in [6, 6.07) is 17.2. The van der Waals surface area contributed by atoms with Crippen molar-refractivity contribution in [3.05, 3.63) is 60.8 Å². The van der Waals surface area contributed by atoms with Crippen LogP contribution in [0.5, 0.6) is 11.5 Å². The number of benzene rings is 2. The third-order valence-corrected chi connectivity index (χ3v) is 3.52. The fourth-order valence-electron chi connectivity index (χ4n) is 2.42. The quantitative estimate of drug-likeness (QED) is 0.640. The van der Waals surface area contributed by atoms with E-state index in [0.29, 0.717) is 11.8 Å². The highest BCUT2D eigenvalue weighted by Gasteiger charge is 2.08. The van der Waals surface area contributed by atoms with Gasteiger partial charge in [0.2, 0.25) is 5.95 Å². The molecular formula is C20H22N4O2. The molecule has 0 fully saturated rings. The minimum absolute atomic E-state index is 0.0809. The van der Waals surface area contributed by atoms with Crippen LogP contribution < -0.4 is 20.1 Å². The summed E-state index contributed by atoms with van der Waals surface area (Å²) >= 11 is 0. The second kappa shape index (κ2) is 8.20. The second-order valence-corrected chi connectivity index (χ2v) is 5.88. The molecule has 3 aromatic rings. The average molecular weight is 350 g/mol. The van der Waals surface area contributed by atoms with Crippen molar-refractivity contribution in [3.8, 4) is 11.5 Å². The van der Waals surface area contributed by atoms with Gasteiger partial charge in [-0.15, -0.1) is 0 Å². The van der Waals surface area contributed by atoms with Crippen LogP contribution in [0.15, 0.2) is 60.8 Å². The summed E-state index contributed by atoms with van der Waals surface area (Å²) in [5, 5.41) is 6.46. The standard InChI is InChI=1S/C20H22N4O2/c1-14(2)26-18-11-7-5-9-16(18)23-20-21-13-12-19(24-20)22-15-8-4-6-10-17(15)25-3/h4-14H,1-3H3,(H2,21,22,23,24). The van der Waals surface area contributed by atoms with Gasteiger partial charge in [-0.05, 0) is 44.2 Å². The Morgan fingerprint density at radius 2 is 1.50 bits per heavy atom. The Bertz CT molecular complexity index is 868. The first-order valence-corrected chi connectivity index (χ1v) is 8.41. The third-order valence-electron chi connectivity index (χ3n) is 3.52. The van der Waals surface area contributed by atoms with E-state index in [1.807, 2.05) is 62.4 Å². The van der Waals surface area contributed by atoms with Crippen molar-refractivity contribution in [1.82, 2.24) is 9.97 Å². The minimum Gasteiger partial charge on any atom is -0.495 e. The molecule has 2 N–H and O–H groups in total. The van der Waals surface area contributed by atoms with Crippen molar-refractivity contribution in [2.45, 2.75) is 20.0 Å². The van der Waals surface area contributed by atoms with Gasteiger partial charge in [0, 0.05) is 6.20 Å². The monoisotopic (exact) mass is 350 g/mol. The molecule has 6 heteroatoms. The topological polar surface area (TPSA) is 68.3 Å². The van der Waals surface area contributed by atoms with Gasteiger partial charge in [0.15, 0.2) is 0 Å². The van der Waals surface area contributed by atoms with Gasteiger partial charge in [-0.1, -0.05) is 24.3 Å². The highest BCUT2D eigenvalue weighted by molar-refractivity contribution is 5.66. The number of rotatable bonds is 7. The van der Waals surface area contributed by atoms with Crippen LogP contribution in [0.3, 0.4) is 0 Å². The zero-order valence-corrected chi connectivity index (χ0v) is 15.1. The van der Waals surface area contributed by atoms with Gasteiger partial charge >= 0.3 is 0 Å². The van der Waals surface area contributed by atoms with E-state index in [9.17, 15) is 0 Å². The Balaban J connectivity index is 1.80. The largest absolute Gasteiger partial charge is 0.495 e. The molecule has 0 atom stereocenters. The van der Waals surface area contributed by atoms with Gasteiger partial charge in [0.25, 0.3) is 0 Å². The number of ether oxygens (including phenoxy) is 2. The van der Waals surface area contributed by atoms with Crippen LogP contribution in [0.1, 0.15) is 13.8 Å². The van der Waals surface area contributed by atoms with Crippen molar-refractivity contribution >= 4 is 23.1 Å². The molecule has 1 aromatic heterocycles. The number of anilines is 4. The number of aromatic nitrogens is 2. The summed E-state index contributed by atoms with van der Waals surface area (Å²) in [5.41, 5.74) is 1.65. The van der Waals surface area contributed by atoms with Crippen molar-refractivity contribution in [3.63, 3.8) is 0 Å². The van der Waals surface area contributed by atoms with Crippen molar-refractivity contribution in [2.24, 2.45) is 0 Å². The molecule has 2 aromatic carbocycles. The van der Waals surface area contributed by atoms with Crippen LogP contribution in [0.4, 0.5) is 23.1 Å². The number of hydrogen-bond acceptors (Lipinski definition) is 6. The highest BCUT2D eigenvalue weighted by atomic mass is 16.5. The molecule has 3 rings (SSSR count). The molecule has 0 saturated carbocycles. The average Bonchev–Trinajstić information content (AvgIpc) is 2.64. The van der Waals surface area contributed by atoms with Gasteiger partial charge < -0.3 is 20.1 Å². The van der Waals surface area contributed by atoms with Gasteiger partial charge in [-0.3, -0.25) is 0 Å². The zero-order chi connectivity index (χ0) is 18.4. The molecule has 0 aliphatic rings. The lowest BCUT2D eigenvalue weighted by molar-refractivity contribution is 0.244. The summed E-state index contributed by atoms with van der Waals surface area (Å²) in [6.07, 6.45) is 1.77. The molecule has 134 valence electrons. The first-order chi connectivity index (χ1) is 12.7. The van der Waals surface area contributed by atoms with E-state index < -0.39 is 0 Å². The first-order valence-electron chi connectivity index (χ1n) is 8.41. The maximum Gasteiger partial charge on any atom is 0.229 e. The van der Waals surface area contributed by atoms with Crippen LogP contribution in [-0.2, 0) is 0 Å². The van der Waals surface area contributed by atoms with Gasteiger partial charge in [0.05, 0.1) is 24.6 Å². The molecule has 0 aliphatic heterocycles. The van der Waals surface area contributed by atoms with E-state index >= 15 is 0 Å². The predicted molar refractivity (Wildman–Crippen MR) is 104 cm³/mol. The number of para-hydroxylation sites is 4. The molecule has 1 heterocycles. The number of nitrogens with zero attached hydrogens (tertiary/aromatic N) is 2. The molecule has 6 nitrogen and oxygen atoms in total. The third kappa shape index (κ3) is 4.42. The summed E-state index contributed by atoms with van der Waals surface area (Å²) in [4.78, 5) is 8.80. The van der Waals surface area contributed by atoms with Crippen LogP contribution in [0.25, 0.3) is 0 Å². The first kappa shape index (κ1) is 17.5. The molecule has 26 heavy (non-hydrogen) atoms. The Kier molecular flexibility index (Phi) is 5.53. The number of methoxy groups -OCH3 is 1. The van der Waals surface area contributed by atoms with E-state index in [1.54, 1.807) is 19.4 Å². The molecule has 0 spiro atoms. The normalized spacial score (nSPS) is 10.5. The van der Waals surface area contributed by atoms with Crippen molar-refractivity contribution in [1.29, 1.82) is 0 Å². The predicted octanol–water partition coefficient (Wildman–Crippen LogP) is 4.76. The summed E-state index contributed by atoms with van der Waals surface area (Å²) in [7, 11) is 1.64. The van der Waals surface area contributed by atoms with Crippen LogP contribution in [0, 0.1) is 0 Å². The minimum atomic E-state index is 0.0809. The van der Waals surface area contributed by atoms with E-state index in [2.05, 4.69) is 20.6 Å². The lowest BCUT2D eigenvalue weighted by Gasteiger charge is -2.15. The summed E-state index contributed by atoms with van der Waals surface area (Å²) < 4.78 is 11.2. The Labute approximate surface area is 153 Å². The fraction of sp³-hybridized carbons (Fsp3) is 0.200. The Hall–Kier alpha value is -3.28. The van der Waals surface area contributed by atoms with Gasteiger partial charge in [-0.25, -0.2) is 4.98 Å². The molecule has 0 unspecified atom stereocenters.